The lowest BCUT2D eigenvalue weighted by Gasteiger charge is -2.22. The van der Waals surface area contributed by atoms with Crippen LogP contribution in [-0.4, -0.2) is 9.97 Å². The fraction of sp³-hybridized carbons (Fsp3) is 0.0508. The van der Waals surface area contributed by atoms with Crippen LogP contribution in [-0.2, 0) is 5.41 Å². The Kier molecular flexibility index (Phi) is 8.20. The lowest BCUT2D eigenvalue weighted by atomic mass is 9.81. The molecule has 0 bridgehead atoms. The maximum atomic E-state index is 6.62. The smallest absolute Gasteiger partial charge is 0.160 e. The highest BCUT2D eigenvalue weighted by atomic mass is 16.3. The number of aromatic nitrogens is 2. The van der Waals surface area contributed by atoms with Crippen LogP contribution in [0.25, 0.3) is 111 Å². The van der Waals surface area contributed by atoms with E-state index in [2.05, 4.69) is 190 Å². The average molecular weight is 793 g/mol. The molecule has 1 aliphatic rings. The van der Waals surface area contributed by atoms with Crippen molar-refractivity contribution in [3.05, 3.63) is 217 Å². The molecular formula is C59H40N2O. The first-order valence-electron chi connectivity index (χ1n) is 21.3. The van der Waals surface area contributed by atoms with Crippen LogP contribution in [0.3, 0.4) is 0 Å². The molecule has 0 N–H and O–H groups in total. The summed E-state index contributed by atoms with van der Waals surface area (Å²) in [5.41, 5.74) is 18.6. The monoisotopic (exact) mass is 792 g/mol. The molecule has 62 heavy (non-hydrogen) atoms. The van der Waals surface area contributed by atoms with Crippen LogP contribution in [0.15, 0.2) is 211 Å². The van der Waals surface area contributed by atoms with Crippen LogP contribution in [0, 0.1) is 0 Å². The van der Waals surface area contributed by atoms with Crippen molar-refractivity contribution in [3.8, 4) is 78.4 Å². The van der Waals surface area contributed by atoms with Crippen molar-refractivity contribution in [2.75, 3.05) is 0 Å². The summed E-state index contributed by atoms with van der Waals surface area (Å²) in [4.78, 5) is 10.6. The molecular weight excluding hydrogens is 753 g/mol. The minimum Gasteiger partial charge on any atom is -0.455 e. The van der Waals surface area contributed by atoms with E-state index in [1.807, 2.05) is 30.3 Å². The largest absolute Gasteiger partial charge is 0.455 e. The quantitative estimate of drug-likeness (QED) is 0.168. The predicted molar refractivity (Wildman–Crippen MR) is 257 cm³/mol. The number of hydrogen-bond acceptors (Lipinski definition) is 3. The Balaban J connectivity index is 1.02. The highest BCUT2D eigenvalue weighted by Crippen LogP contribution is 2.49. The zero-order valence-electron chi connectivity index (χ0n) is 34.4. The lowest BCUT2D eigenvalue weighted by Crippen LogP contribution is -2.14. The molecule has 12 rings (SSSR count). The highest BCUT2D eigenvalue weighted by Gasteiger charge is 2.35. The van der Waals surface area contributed by atoms with Crippen LogP contribution in [0.2, 0.25) is 0 Å². The van der Waals surface area contributed by atoms with Crippen LogP contribution < -0.4 is 0 Å². The molecule has 0 aliphatic heterocycles. The second-order valence-electron chi connectivity index (χ2n) is 16.9. The molecule has 0 atom stereocenters. The zero-order valence-corrected chi connectivity index (χ0v) is 34.4. The minimum atomic E-state index is -0.0591. The van der Waals surface area contributed by atoms with E-state index >= 15 is 0 Å². The third-order valence-electron chi connectivity index (χ3n) is 12.9. The summed E-state index contributed by atoms with van der Waals surface area (Å²) in [5.74, 6) is 0.680. The van der Waals surface area contributed by atoms with Crippen molar-refractivity contribution >= 4 is 32.7 Å². The van der Waals surface area contributed by atoms with Gasteiger partial charge in [0.05, 0.1) is 11.4 Å². The zero-order chi connectivity index (χ0) is 41.4. The molecule has 1 aliphatic carbocycles. The molecule has 0 radical (unpaired) electrons. The lowest BCUT2D eigenvalue weighted by molar-refractivity contribution is 0.660. The molecule has 0 saturated heterocycles. The number of hydrogen-bond donors (Lipinski definition) is 0. The van der Waals surface area contributed by atoms with Crippen molar-refractivity contribution < 1.29 is 4.42 Å². The van der Waals surface area contributed by atoms with Gasteiger partial charge in [-0.2, -0.15) is 0 Å². The topological polar surface area (TPSA) is 38.9 Å². The Morgan fingerprint density at radius 1 is 0.355 bits per heavy atom. The van der Waals surface area contributed by atoms with E-state index in [9.17, 15) is 0 Å². The van der Waals surface area contributed by atoms with Crippen LogP contribution >= 0.6 is 0 Å². The molecule has 292 valence electrons. The van der Waals surface area contributed by atoms with Gasteiger partial charge in [-0.1, -0.05) is 184 Å². The fourth-order valence-corrected chi connectivity index (χ4v) is 9.71. The molecule has 2 heterocycles. The normalized spacial score (nSPS) is 12.8. The van der Waals surface area contributed by atoms with E-state index in [-0.39, 0.29) is 5.41 Å². The Morgan fingerprint density at radius 3 is 1.79 bits per heavy atom. The van der Waals surface area contributed by atoms with Gasteiger partial charge in [0.25, 0.3) is 0 Å². The van der Waals surface area contributed by atoms with Gasteiger partial charge >= 0.3 is 0 Å². The summed E-state index contributed by atoms with van der Waals surface area (Å²) < 4.78 is 6.62. The Bertz CT molecular complexity index is 3540. The molecule has 2 aromatic heterocycles. The molecule has 0 spiro atoms. The van der Waals surface area contributed by atoms with E-state index in [4.69, 9.17) is 14.4 Å². The Labute approximate surface area is 360 Å². The number of rotatable bonds is 6. The fourth-order valence-electron chi connectivity index (χ4n) is 9.71. The van der Waals surface area contributed by atoms with Crippen molar-refractivity contribution in [2.45, 2.75) is 19.3 Å². The first-order valence-corrected chi connectivity index (χ1v) is 21.3. The molecule has 3 nitrogen and oxygen atoms in total. The van der Waals surface area contributed by atoms with E-state index < -0.39 is 0 Å². The number of nitrogens with zero attached hydrogens (tertiary/aromatic N) is 2. The average Bonchev–Trinajstić information content (AvgIpc) is 3.83. The molecule has 9 aromatic carbocycles. The van der Waals surface area contributed by atoms with Crippen molar-refractivity contribution in [1.29, 1.82) is 0 Å². The van der Waals surface area contributed by atoms with Crippen molar-refractivity contribution in [1.82, 2.24) is 9.97 Å². The van der Waals surface area contributed by atoms with Gasteiger partial charge in [-0.05, 0) is 97.2 Å². The summed E-state index contributed by atoms with van der Waals surface area (Å²) in [6, 6.07) is 73.7. The molecule has 0 fully saturated rings. The second-order valence-corrected chi connectivity index (χ2v) is 16.9. The summed E-state index contributed by atoms with van der Waals surface area (Å²) in [5, 5.41) is 4.61. The van der Waals surface area contributed by atoms with Gasteiger partial charge in [0, 0.05) is 38.4 Å². The minimum absolute atomic E-state index is 0.0591. The number of benzene rings is 9. The van der Waals surface area contributed by atoms with Gasteiger partial charge in [-0.3, -0.25) is 0 Å². The first-order chi connectivity index (χ1) is 30.5. The van der Waals surface area contributed by atoms with E-state index in [0.29, 0.717) is 5.82 Å². The van der Waals surface area contributed by atoms with E-state index in [0.717, 1.165) is 72.3 Å². The van der Waals surface area contributed by atoms with Gasteiger partial charge in [0.2, 0.25) is 0 Å². The predicted octanol–water partition coefficient (Wildman–Crippen LogP) is 15.8. The van der Waals surface area contributed by atoms with Crippen LogP contribution in [0.4, 0.5) is 0 Å². The Morgan fingerprint density at radius 2 is 0.935 bits per heavy atom. The standard InChI is InChI=1S/C59H40N2O/c1-59(2)52-24-10-8-19-48(52)49-31-30-41(35-53(49)59)37-26-28-39(29-27-37)54-36-55(61-58(60-54)40-15-4-3-5-16-40)44-33-42(46-21-12-17-38-14-6-7-18-45(38)46)32-43(34-44)47-22-13-23-51-50-20-9-11-25-56(50)62-57(47)51/h3-36H,1-2H3. The second kappa shape index (κ2) is 14.1. The summed E-state index contributed by atoms with van der Waals surface area (Å²) in [6.45, 7) is 4.67. The number of para-hydroxylation sites is 2. The number of fused-ring (bicyclic) bond motifs is 7. The summed E-state index contributed by atoms with van der Waals surface area (Å²) in [7, 11) is 0. The maximum absolute atomic E-state index is 6.62. The third kappa shape index (κ3) is 5.89. The molecule has 3 heteroatoms. The molecule has 0 saturated carbocycles. The number of furan rings is 1. The maximum Gasteiger partial charge on any atom is 0.160 e. The summed E-state index contributed by atoms with van der Waals surface area (Å²) in [6.07, 6.45) is 0. The third-order valence-corrected chi connectivity index (χ3v) is 12.9. The SMILES string of the molecule is CC1(C)c2ccccc2-c2ccc(-c3ccc(-c4cc(-c5cc(-c6cccc7ccccc67)cc(-c6cccc7c6oc6ccccc67)c5)nc(-c5ccccc5)n4)cc3)cc21. The van der Waals surface area contributed by atoms with E-state index in [1.165, 1.54) is 44.2 Å². The van der Waals surface area contributed by atoms with Gasteiger partial charge in [-0.25, -0.2) is 9.97 Å². The van der Waals surface area contributed by atoms with Crippen molar-refractivity contribution in [3.63, 3.8) is 0 Å². The van der Waals surface area contributed by atoms with Gasteiger partial charge in [-0.15, -0.1) is 0 Å². The van der Waals surface area contributed by atoms with Gasteiger partial charge in [0.15, 0.2) is 5.82 Å². The van der Waals surface area contributed by atoms with Gasteiger partial charge < -0.3 is 4.42 Å². The molecule has 0 unspecified atom stereocenters. The van der Waals surface area contributed by atoms with Gasteiger partial charge in [0.1, 0.15) is 11.2 Å². The first kappa shape index (κ1) is 36.0. The van der Waals surface area contributed by atoms with Crippen LogP contribution in [0.5, 0.6) is 0 Å². The van der Waals surface area contributed by atoms with Crippen molar-refractivity contribution in [2.24, 2.45) is 0 Å². The van der Waals surface area contributed by atoms with E-state index in [1.54, 1.807) is 0 Å². The summed E-state index contributed by atoms with van der Waals surface area (Å²) >= 11 is 0. The van der Waals surface area contributed by atoms with Crippen LogP contribution in [0.1, 0.15) is 25.0 Å². The molecule has 0 amide bonds. The molecule has 11 aromatic rings. The highest BCUT2D eigenvalue weighted by molar-refractivity contribution is 6.10. The Hall–Kier alpha value is -7.88.